The molecule has 16 heavy (non-hydrogen) atoms. The monoisotopic (exact) mass is 262 g/mol. The summed E-state index contributed by atoms with van der Waals surface area (Å²) in [5.41, 5.74) is 0.787. The van der Waals surface area contributed by atoms with E-state index >= 15 is 0 Å². The molecule has 1 rings (SSSR count). The summed E-state index contributed by atoms with van der Waals surface area (Å²) in [5.74, 6) is -0.979. The number of aliphatic carboxylic acids is 1. The van der Waals surface area contributed by atoms with Gasteiger partial charge in [0.2, 0.25) is 0 Å². The molecule has 0 bridgehead atoms. The zero-order valence-electron chi connectivity index (χ0n) is 8.74. The molecule has 1 N–H and O–H groups in total. The highest BCUT2D eigenvalue weighted by atomic mass is 35.5. The van der Waals surface area contributed by atoms with Crippen molar-refractivity contribution in [2.45, 2.75) is 19.4 Å². The van der Waals surface area contributed by atoms with Crippen LogP contribution in [0.25, 0.3) is 0 Å². The lowest BCUT2D eigenvalue weighted by Crippen LogP contribution is -2.26. The lowest BCUT2D eigenvalue weighted by molar-refractivity contribution is -0.149. The predicted molar refractivity (Wildman–Crippen MR) is 63.2 cm³/mol. The van der Waals surface area contributed by atoms with E-state index in [2.05, 4.69) is 0 Å². The number of hydrogen-bond acceptors (Lipinski definition) is 2. The fourth-order valence-corrected chi connectivity index (χ4v) is 1.62. The van der Waals surface area contributed by atoms with Crippen molar-refractivity contribution >= 4 is 29.2 Å². The highest BCUT2D eigenvalue weighted by molar-refractivity contribution is 6.42. The molecule has 0 saturated carbocycles. The molecule has 1 aromatic carbocycles. The van der Waals surface area contributed by atoms with Crippen LogP contribution in [0.2, 0.25) is 10.0 Å². The molecule has 1 aromatic rings. The Morgan fingerprint density at radius 2 is 2.12 bits per heavy atom. The van der Waals surface area contributed by atoms with E-state index < -0.39 is 12.1 Å². The van der Waals surface area contributed by atoms with Crippen LogP contribution >= 0.6 is 23.2 Å². The maximum absolute atomic E-state index is 10.9. The fourth-order valence-electron chi connectivity index (χ4n) is 1.30. The van der Waals surface area contributed by atoms with Crippen molar-refractivity contribution in [2.24, 2.45) is 0 Å². The number of carboxylic acid groups (broad SMARTS) is 1. The van der Waals surface area contributed by atoms with Crippen LogP contribution in [0.4, 0.5) is 0 Å². The molecule has 0 aliphatic rings. The van der Waals surface area contributed by atoms with Crippen LogP contribution < -0.4 is 0 Å². The zero-order chi connectivity index (χ0) is 12.1. The Bertz CT molecular complexity index is 379. The van der Waals surface area contributed by atoms with Crippen LogP contribution in [0.1, 0.15) is 12.5 Å². The standard InChI is InChI=1S/C11H12Cl2O3/c1-2-16-10(11(14)15)6-7-3-4-8(12)9(13)5-7/h3-5,10H,2,6H2,1H3,(H,14,15)/t10-/m1/s1. The van der Waals surface area contributed by atoms with E-state index in [0.29, 0.717) is 16.7 Å². The third-order valence-corrected chi connectivity index (χ3v) is 2.79. The summed E-state index contributed by atoms with van der Waals surface area (Å²) in [6, 6.07) is 5.03. The van der Waals surface area contributed by atoms with E-state index in [1.165, 1.54) is 0 Å². The van der Waals surface area contributed by atoms with Gasteiger partial charge in [-0.3, -0.25) is 0 Å². The molecule has 0 heterocycles. The summed E-state index contributed by atoms with van der Waals surface area (Å²) in [7, 11) is 0. The Balaban J connectivity index is 2.77. The third kappa shape index (κ3) is 3.67. The number of carbonyl (C=O) groups is 1. The van der Waals surface area contributed by atoms with Gasteiger partial charge in [0.1, 0.15) is 0 Å². The van der Waals surface area contributed by atoms with Crippen LogP contribution in [-0.4, -0.2) is 23.8 Å². The summed E-state index contributed by atoms with van der Waals surface area (Å²) in [6.07, 6.45) is -0.567. The van der Waals surface area contributed by atoms with Crippen LogP contribution in [0, 0.1) is 0 Å². The molecule has 1 atom stereocenters. The van der Waals surface area contributed by atoms with E-state index in [1.807, 2.05) is 0 Å². The molecule has 0 aliphatic heterocycles. The van der Waals surface area contributed by atoms with Gasteiger partial charge >= 0.3 is 5.97 Å². The van der Waals surface area contributed by atoms with Crippen molar-refractivity contribution in [1.82, 2.24) is 0 Å². The van der Waals surface area contributed by atoms with Crippen molar-refractivity contribution < 1.29 is 14.6 Å². The largest absolute Gasteiger partial charge is 0.479 e. The maximum Gasteiger partial charge on any atom is 0.333 e. The molecular formula is C11H12Cl2O3. The van der Waals surface area contributed by atoms with Crippen LogP contribution in [0.15, 0.2) is 18.2 Å². The molecule has 0 spiro atoms. The minimum Gasteiger partial charge on any atom is -0.479 e. The van der Waals surface area contributed by atoms with Gasteiger partial charge in [-0.25, -0.2) is 4.79 Å². The van der Waals surface area contributed by atoms with Gasteiger partial charge in [-0.05, 0) is 24.6 Å². The third-order valence-electron chi connectivity index (χ3n) is 2.05. The lowest BCUT2D eigenvalue weighted by atomic mass is 10.1. The molecule has 0 radical (unpaired) electrons. The first-order valence-electron chi connectivity index (χ1n) is 4.83. The molecule has 0 saturated heterocycles. The Morgan fingerprint density at radius 3 is 2.62 bits per heavy atom. The van der Waals surface area contributed by atoms with Gasteiger partial charge < -0.3 is 9.84 Å². The number of hydrogen-bond donors (Lipinski definition) is 1. The molecule has 0 aromatic heterocycles. The Kier molecular flexibility index (Phi) is 5.06. The average Bonchev–Trinajstić information content (AvgIpc) is 2.22. The average molecular weight is 263 g/mol. The van der Waals surface area contributed by atoms with E-state index in [9.17, 15) is 4.79 Å². The fraction of sp³-hybridized carbons (Fsp3) is 0.364. The second-order valence-corrected chi connectivity index (χ2v) is 4.05. The SMILES string of the molecule is CCO[C@H](Cc1ccc(Cl)c(Cl)c1)C(=O)O. The second-order valence-electron chi connectivity index (χ2n) is 3.23. The van der Waals surface area contributed by atoms with E-state index in [4.69, 9.17) is 33.0 Å². The summed E-state index contributed by atoms with van der Waals surface area (Å²) >= 11 is 11.6. The number of ether oxygens (including phenoxy) is 1. The molecule has 0 fully saturated rings. The number of rotatable bonds is 5. The molecule has 0 amide bonds. The first-order valence-corrected chi connectivity index (χ1v) is 5.58. The normalized spacial score (nSPS) is 12.4. The van der Waals surface area contributed by atoms with Gasteiger partial charge in [-0.1, -0.05) is 29.3 Å². The highest BCUT2D eigenvalue weighted by Gasteiger charge is 2.18. The minimum absolute atomic E-state index is 0.278. The van der Waals surface area contributed by atoms with Gasteiger partial charge in [-0.2, -0.15) is 0 Å². The van der Waals surface area contributed by atoms with Crippen molar-refractivity contribution in [1.29, 1.82) is 0 Å². The number of carboxylic acids is 1. The summed E-state index contributed by atoms with van der Waals surface area (Å²) in [6.45, 7) is 2.11. The van der Waals surface area contributed by atoms with Crippen LogP contribution in [-0.2, 0) is 16.0 Å². The second kappa shape index (κ2) is 6.09. The maximum atomic E-state index is 10.9. The smallest absolute Gasteiger partial charge is 0.333 e. The van der Waals surface area contributed by atoms with Crippen LogP contribution in [0.3, 0.4) is 0 Å². The zero-order valence-corrected chi connectivity index (χ0v) is 10.3. The van der Waals surface area contributed by atoms with Gasteiger partial charge in [0.15, 0.2) is 6.10 Å². The first kappa shape index (κ1) is 13.3. The van der Waals surface area contributed by atoms with Crippen molar-refractivity contribution in [3.63, 3.8) is 0 Å². The Labute approximate surface area is 104 Å². The topological polar surface area (TPSA) is 46.5 Å². The Hall–Kier alpha value is -0.770. The van der Waals surface area contributed by atoms with Crippen molar-refractivity contribution in [2.75, 3.05) is 6.61 Å². The number of halogens is 2. The molecule has 3 nitrogen and oxygen atoms in total. The predicted octanol–water partition coefficient (Wildman–Crippen LogP) is 3.03. The summed E-state index contributed by atoms with van der Waals surface area (Å²) in [4.78, 5) is 10.9. The van der Waals surface area contributed by atoms with Crippen LogP contribution in [0.5, 0.6) is 0 Å². The van der Waals surface area contributed by atoms with E-state index in [-0.39, 0.29) is 6.42 Å². The molecule has 0 aliphatic carbocycles. The van der Waals surface area contributed by atoms with E-state index in [1.54, 1.807) is 25.1 Å². The van der Waals surface area contributed by atoms with Crippen molar-refractivity contribution in [3.05, 3.63) is 33.8 Å². The quantitative estimate of drug-likeness (QED) is 0.888. The molecular weight excluding hydrogens is 251 g/mol. The van der Waals surface area contributed by atoms with Gasteiger partial charge in [0.05, 0.1) is 10.0 Å². The summed E-state index contributed by atoms with van der Waals surface area (Å²) < 4.78 is 5.10. The van der Waals surface area contributed by atoms with Gasteiger partial charge in [-0.15, -0.1) is 0 Å². The van der Waals surface area contributed by atoms with Gasteiger partial charge in [0, 0.05) is 13.0 Å². The van der Waals surface area contributed by atoms with Gasteiger partial charge in [0.25, 0.3) is 0 Å². The van der Waals surface area contributed by atoms with Crippen molar-refractivity contribution in [3.8, 4) is 0 Å². The molecule has 0 unspecified atom stereocenters. The molecule has 5 heteroatoms. The highest BCUT2D eigenvalue weighted by Crippen LogP contribution is 2.23. The lowest BCUT2D eigenvalue weighted by Gasteiger charge is -2.12. The Morgan fingerprint density at radius 1 is 1.44 bits per heavy atom. The van der Waals surface area contributed by atoms with E-state index in [0.717, 1.165) is 5.56 Å². The minimum atomic E-state index is -0.979. The summed E-state index contributed by atoms with van der Waals surface area (Å²) in [5, 5.41) is 9.77. The first-order chi connectivity index (χ1) is 7.54. The number of benzene rings is 1. The molecule has 88 valence electrons.